The van der Waals surface area contributed by atoms with E-state index in [0.29, 0.717) is 23.6 Å². The van der Waals surface area contributed by atoms with Crippen molar-refractivity contribution in [1.29, 1.82) is 0 Å². The van der Waals surface area contributed by atoms with Crippen molar-refractivity contribution in [3.05, 3.63) is 72.6 Å². The predicted octanol–water partition coefficient (Wildman–Crippen LogP) is 3.40. The Morgan fingerprint density at radius 2 is 1.78 bits per heavy atom. The highest BCUT2D eigenvalue weighted by molar-refractivity contribution is 7.99. The summed E-state index contributed by atoms with van der Waals surface area (Å²) in [5.74, 6) is -5.29. The number of nitrogens with one attached hydrogen (secondary N) is 2. The van der Waals surface area contributed by atoms with Crippen molar-refractivity contribution < 1.29 is 22.8 Å². The standard InChI is InChI=1S/C21H18F3N5O2S/c1-2-10-29-20(13-6-4-3-5-7-13)27-28-21(29)32-12-17(31)25-11-16(30)26-15-9-8-14(22)18(23)19(15)24/h2-9H,1,10-12H2,(H,25,31)(H,26,30). The first-order chi connectivity index (χ1) is 15.4. The number of hydrogen-bond acceptors (Lipinski definition) is 5. The second-order valence-electron chi connectivity index (χ2n) is 6.41. The average Bonchev–Trinajstić information content (AvgIpc) is 3.20. The number of allylic oxidation sites excluding steroid dienone is 1. The van der Waals surface area contributed by atoms with E-state index in [1.165, 1.54) is 0 Å². The SMILES string of the molecule is C=CCn1c(SCC(=O)NCC(=O)Nc2ccc(F)c(F)c2F)nnc1-c1ccccc1. The number of carbonyl (C=O) groups is 2. The molecule has 2 amide bonds. The van der Waals surface area contributed by atoms with Crippen LogP contribution in [0.1, 0.15) is 0 Å². The minimum absolute atomic E-state index is 0.0586. The van der Waals surface area contributed by atoms with Crippen LogP contribution in [0.15, 0.2) is 60.3 Å². The van der Waals surface area contributed by atoms with E-state index < -0.39 is 41.5 Å². The van der Waals surface area contributed by atoms with E-state index in [4.69, 9.17) is 0 Å². The Morgan fingerprint density at radius 3 is 2.50 bits per heavy atom. The molecule has 0 fully saturated rings. The van der Waals surface area contributed by atoms with Crippen molar-refractivity contribution in [2.45, 2.75) is 11.7 Å². The first-order valence-electron chi connectivity index (χ1n) is 9.33. The molecule has 0 saturated heterocycles. The van der Waals surface area contributed by atoms with Gasteiger partial charge in [-0.25, -0.2) is 13.2 Å². The van der Waals surface area contributed by atoms with Crippen LogP contribution in [0.5, 0.6) is 0 Å². The molecule has 0 aliphatic heterocycles. The highest BCUT2D eigenvalue weighted by Gasteiger charge is 2.17. The van der Waals surface area contributed by atoms with E-state index >= 15 is 0 Å². The maximum atomic E-state index is 13.6. The molecule has 0 spiro atoms. The fourth-order valence-corrected chi connectivity index (χ4v) is 3.44. The summed E-state index contributed by atoms with van der Waals surface area (Å²) in [6, 6.07) is 11.0. The van der Waals surface area contributed by atoms with Crippen LogP contribution in [0.4, 0.5) is 18.9 Å². The molecule has 0 saturated carbocycles. The van der Waals surface area contributed by atoms with E-state index in [-0.39, 0.29) is 5.75 Å². The molecule has 2 aromatic carbocycles. The Morgan fingerprint density at radius 1 is 1.03 bits per heavy atom. The van der Waals surface area contributed by atoms with E-state index in [0.717, 1.165) is 23.4 Å². The van der Waals surface area contributed by atoms with E-state index in [9.17, 15) is 22.8 Å². The Hall–Kier alpha value is -3.60. The minimum atomic E-state index is -1.69. The largest absolute Gasteiger partial charge is 0.346 e. The van der Waals surface area contributed by atoms with Gasteiger partial charge in [0, 0.05) is 12.1 Å². The van der Waals surface area contributed by atoms with Crippen molar-refractivity contribution in [3.63, 3.8) is 0 Å². The molecule has 32 heavy (non-hydrogen) atoms. The lowest BCUT2D eigenvalue weighted by Gasteiger charge is -2.09. The quantitative estimate of drug-likeness (QED) is 0.290. The maximum Gasteiger partial charge on any atom is 0.243 e. The Bertz CT molecular complexity index is 1140. The van der Waals surface area contributed by atoms with E-state index in [2.05, 4.69) is 27.4 Å². The number of benzene rings is 2. The van der Waals surface area contributed by atoms with Gasteiger partial charge in [0.15, 0.2) is 28.4 Å². The fourth-order valence-electron chi connectivity index (χ4n) is 2.67. The summed E-state index contributed by atoms with van der Waals surface area (Å²) < 4.78 is 41.6. The number of carbonyl (C=O) groups excluding carboxylic acids is 2. The van der Waals surface area contributed by atoms with Crippen LogP contribution in [0.3, 0.4) is 0 Å². The molecule has 0 aliphatic carbocycles. The molecule has 1 aromatic heterocycles. The average molecular weight is 461 g/mol. The number of aromatic nitrogens is 3. The minimum Gasteiger partial charge on any atom is -0.346 e. The first-order valence-corrected chi connectivity index (χ1v) is 10.3. The maximum absolute atomic E-state index is 13.6. The number of amides is 2. The summed E-state index contributed by atoms with van der Waals surface area (Å²) in [5.41, 5.74) is 0.336. The molecule has 1 heterocycles. The van der Waals surface area contributed by atoms with Gasteiger partial charge in [0.2, 0.25) is 11.8 Å². The third-order valence-electron chi connectivity index (χ3n) is 4.15. The molecule has 2 N–H and O–H groups in total. The smallest absolute Gasteiger partial charge is 0.243 e. The summed E-state index contributed by atoms with van der Waals surface area (Å²) in [6.07, 6.45) is 1.68. The molecule has 3 rings (SSSR count). The van der Waals surface area contributed by atoms with Gasteiger partial charge in [-0.05, 0) is 12.1 Å². The van der Waals surface area contributed by atoms with Crippen LogP contribution in [0.2, 0.25) is 0 Å². The lowest BCUT2D eigenvalue weighted by molar-refractivity contribution is -0.122. The lowest BCUT2D eigenvalue weighted by Crippen LogP contribution is -2.34. The molecule has 0 bridgehead atoms. The molecule has 7 nitrogen and oxygen atoms in total. The number of anilines is 1. The van der Waals surface area contributed by atoms with Gasteiger partial charge in [0.1, 0.15) is 0 Å². The van der Waals surface area contributed by atoms with Crippen molar-refractivity contribution in [1.82, 2.24) is 20.1 Å². The van der Waals surface area contributed by atoms with Gasteiger partial charge in [-0.1, -0.05) is 48.2 Å². The van der Waals surface area contributed by atoms with Crippen molar-refractivity contribution in [2.24, 2.45) is 0 Å². The van der Waals surface area contributed by atoms with Gasteiger partial charge in [0.05, 0.1) is 18.0 Å². The summed E-state index contributed by atoms with van der Waals surface area (Å²) in [7, 11) is 0. The second-order valence-corrected chi connectivity index (χ2v) is 7.35. The fraction of sp³-hybridized carbons (Fsp3) is 0.143. The van der Waals surface area contributed by atoms with Crippen molar-refractivity contribution >= 4 is 29.3 Å². The third kappa shape index (κ3) is 5.55. The number of thioether (sulfide) groups is 1. The first kappa shape index (κ1) is 23.1. The summed E-state index contributed by atoms with van der Waals surface area (Å²) in [5, 5.41) is 13.2. The van der Waals surface area contributed by atoms with Crippen LogP contribution >= 0.6 is 11.8 Å². The number of rotatable bonds is 9. The molecule has 0 unspecified atom stereocenters. The summed E-state index contributed by atoms with van der Waals surface area (Å²) in [6.45, 7) is 3.68. The molecule has 11 heteroatoms. The van der Waals surface area contributed by atoms with Crippen LogP contribution in [0, 0.1) is 17.5 Å². The molecule has 166 valence electrons. The number of hydrogen-bond donors (Lipinski definition) is 2. The second kappa shape index (κ2) is 10.6. The predicted molar refractivity (Wildman–Crippen MR) is 114 cm³/mol. The van der Waals surface area contributed by atoms with Gasteiger partial charge < -0.3 is 10.6 Å². The zero-order valence-corrected chi connectivity index (χ0v) is 17.5. The van der Waals surface area contributed by atoms with Crippen LogP contribution < -0.4 is 10.6 Å². The van der Waals surface area contributed by atoms with Gasteiger partial charge in [-0.2, -0.15) is 0 Å². The number of halogens is 3. The van der Waals surface area contributed by atoms with Gasteiger partial charge in [-0.15, -0.1) is 16.8 Å². The normalized spacial score (nSPS) is 10.6. The molecule has 0 atom stereocenters. The highest BCUT2D eigenvalue weighted by Crippen LogP contribution is 2.24. The van der Waals surface area contributed by atoms with Gasteiger partial charge in [0.25, 0.3) is 0 Å². The summed E-state index contributed by atoms with van der Waals surface area (Å²) >= 11 is 1.12. The third-order valence-corrected chi connectivity index (χ3v) is 5.12. The zero-order chi connectivity index (χ0) is 23.1. The molecular weight excluding hydrogens is 443 g/mol. The topological polar surface area (TPSA) is 88.9 Å². The molecule has 0 aliphatic rings. The van der Waals surface area contributed by atoms with E-state index in [1.807, 2.05) is 30.3 Å². The van der Waals surface area contributed by atoms with Crippen LogP contribution in [0.25, 0.3) is 11.4 Å². The van der Waals surface area contributed by atoms with Crippen LogP contribution in [-0.2, 0) is 16.1 Å². The van der Waals surface area contributed by atoms with Crippen molar-refractivity contribution in [2.75, 3.05) is 17.6 Å². The Balaban J connectivity index is 1.55. The summed E-state index contributed by atoms with van der Waals surface area (Å²) in [4.78, 5) is 24.0. The number of nitrogens with zero attached hydrogens (tertiary/aromatic N) is 3. The monoisotopic (exact) mass is 461 g/mol. The van der Waals surface area contributed by atoms with Crippen molar-refractivity contribution in [3.8, 4) is 11.4 Å². The molecule has 3 aromatic rings. The van der Waals surface area contributed by atoms with Gasteiger partial charge >= 0.3 is 0 Å². The van der Waals surface area contributed by atoms with Gasteiger partial charge in [-0.3, -0.25) is 14.2 Å². The Labute approximate surface area is 185 Å². The van der Waals surface area contributed by atoms with Crippen LogP contribution in [-0.4, -0.2) is 38.9 Å². The molecular formula is C21H18F3N5O2S. The Kier molecular flexibility index (Phi) is 7.66. The molecule has 0 radical (unpaired) electrons. The zero-order valence-electron chi connectivity index (χ0n) is 16.6. The highest BCUT2D eigenvalue weighted by atomic mass is 32.2. The lowest BCUT2D eigenvalue weighted by atomic mass is 10.2. The van der Waals surface area contributed by atoms with E-state index in [1.54, 1.807) is 10.6 Å².